The number of pyridine rings is 1. The van der Waals surface area contributed by atoms with Crippen molar-refractivity contribution < 1.29 is 15.0 Å². The van der Waals surface area contributed by atoms with Gasteiger partial charge in [-0.3, -0.25) is 0 Å². The lowest BCUT2D eigenvalue weighted by Gasteiger charge is -2.46. The second kappa shape index (κ2) is 7.35. The van der Waals surface area contributed by atoms with Gasteiger partial charge < -0.3 is 25.3 Å². The van der Waals surface area contributed by atoms with Crippen molar-refractivity contribution in [2.45, 2.75) is 26.3 Å². The third kappa shape index (κ3) is 3.22. The second-order valence-corrected chi connectivity index (χ2v) is 9.81. The summed E-state index contributed by atoms with van der Waals surface area (Å²) < 4.78 is 0. The molecule has 6 rings (SSSR count). The van der Waals surface area contributed by atoms with Gasteiger partial charge in [-0.25, -0.2) is 9.78 Å². The van der Waals surface area contributed by atoms with Crippen molar-refractivity contribution in [2.24, 2.45) is 5.41 Å². The van der Waals surface area contributed by atoms with Crippen LogP contribution in [0, 0.1) is 12.3 Å². The van der Waals surface area contributed by atoms with Gasteiger partial charge in [-0.1, -0.05) is 24.3 Å². The molecule has 3 aromatic rings. The highest BCUT2D eigenvalue weighted by atomic mass is 16.4. The zero-order chi connectivity index (χ0) is 22.7. The van der Waals surface area contributed by atoms with Gasteiger partial charge in [0.25, 0.3) is 0 Å². The third-order valence-electron chi connectivity index (χ3n) is 7.64. The van der Waals surface area contributed by atoms with Crippen molar-refractivity contribution >= 4 is 22.7 Å². The van der Waals surface area contributed by atoms with E-state index >= 15 is 0 Å². The number of aromatic nitrogens is 1. The van der Waals surface area contributed by atoms with Gasteiger partial charge in [0.15, 0.2) is 0 Å². The summed E-state index contributed by atoms with van der Waals surface area (Å²) in [6, 6.07) is 11.9. The van der Waals surface area contributed by atoms with Crippen molar-refractivity contribution in [1.29, 1.82) is 0 Å². The number of rotatable bonds is 2. The number of phenols is 1. The summed E-state index contributed by atoms with van der Waals surface area (Å²) >= 11 is 0. The first-order valence-electron chi connectivity index (χ1n) is 11.6. The average molecular weight is 445 g/mol. The molecule has 33 heavy (non-hydrogen) atoms. The van der Waals surface area contributed by atoms with Gasteiger partial charge in [-0.15, -0.1) is 0 Å². The largest absolute Gasteiger partial charge is 0.508 e. The number of carbonyl (C=O) groups is 1. The number of amides is 1. The van der Waals surface area contributed by atoms with Crippen molar-refractivity contribution in [3.63, 3.8) is 0 Å². The Balaban J connectivity index is 1.46. The minimum atomic E-state index is -0.822. The number of aromatic hydroxyl groups is 1. The van der Waals surface area contributed by atoms with Crippen LogP contribution in [0.15, 0.2) is 36.4 Å². The lowest BCUT2D eigenvalue weighted by molar-refractivity contribution is 0.0251. The van der Waals surface area contributed by atoms with E-state index < -0.39 is 6.09 Å². The first-order valence-corrected chi connectivity index (χ1v) is 11.6. The number of likely N-dealkylation sites (tertiary alicyclic amines) is 1. The van der Waals surface area contributed by atoms with E-state index in [9.17, 15) is 15.0 Å². The molecule has 0 bridgehead atoms. The summed E-state index contributed by atoms with van der Waals surface area (Å²) in [5.41, 5.74) is 6.09. The van der Waals surface area contributed by atoms with Crippen molar-refractivity contribution in [2.75, 3.05) is 37.6 Å². The fourth-order valence-electron chi connectivity index (χ4n) is 6.03. The van der Waals surface area contributed by atoms with Gasteiger partial charge in [0, 0.05) is 38.1 Å². The van der Waals surface area contributed by atoms with Crippen molar-refractivity contribution in [1.82, 2.24) is 15.2 Å². The van der Waals surface area contributed by atoms with Crippen LogP contribution in [0.25, 0.3) is 21.9 Å². The Morgan fingerprint density at radius 3 is 2.85 bits per heavy atom. The van der Waals surface area contributed by atoms with E-state index in [1.165, 1.54) is 27.2 Å². The number of benzene rings is 2. The van der Waals surface area contributed by atoms with E-state index in [1.807, 2.05) is 18.2 Å². The lowest BCUT2D eigenvalue weighted by Crippen LogP contribution is -2.59. The third-order valence-corrected chi connectivity index (χ3v) is 7.64. The van der Waals surface area contributed by atoms with Gasteiger partial charge in [0.1, 0.15) is 11.6 Å². The maximum Gasteiger partial charge on any atom is 0.407 e. The Hall–Kier alpha value is -3.32. The van der Waals surface area contributed by atoms with Crippen LogP contribution in [0.1, 0.15) is 23.2 Å². The summed E-state index contributed by atoms with van der Waals surface area (Å²) in [5, 5.41) is 24.9. The first kappa shape index (κ1) is 20.3. The van der Waals surface area contributed by atoms with Crippen LogP contribution in [0.5, 0.6) is 5.75 Å². The fourth-order valence-corrected chi connectivity index (χ4v) is 6.03. The SMILES string of the molecule is Cc1c(N2CCC3(CN(C(=O)O)C3)C2)nc2c(c1-c1cccc3cc(O)ccc13)CCNC2. The average Bonchev–Trinajstić information content (AvgIpc) is 3.23. The van der Waals surface area contributed by atoms with Gasteiger partial charge in [0.05, 0.1) is 5.69 Å². The highest BCUT2D eigenvalue weighted by molar-refractivity contribution is 5.99. The first-order chi connectivity index (χ1) is 15.9. The normalized spacial score (nSPS) is 19.1. The van der Waals surface area contributed by atoms with E-state index in [4.69, 9.17) is 4.98 Å². The number of hydrogen-bond acceptors (Lipinski definition) is 5. The van der Waals surface area contributed by atoms with Crippen LogP contribution in [-0.2, 0) is 13.0 Å². The predicted octanol–water partition coefficient (Wildman–Crippen LogP) is 3.75. The van der Waals surface area contributed by atoms with E-state index in [0.717, 1.165) is 61.3 Å². The molecule has 2 saturated heterocycles. The molecule has 1 spiro atoms. The quantitative estimate of drug-likeness (QED) is 0.558. The zero-order valence-corrected chi connectivity index (χ0v) is 18.8. The van der Waals surface area contributed by atoms with E-state index in [2.05, 4.69) is 29.3 Å². The highest BCUT2D eigenvalue weighted by Gasteiger charge is 2.50. The van der Waals surface area contributed by atoms with Crippen molar-refractivity contribution in [3.8, 4) is 16.9 Å². The number of anilines is 1. The monoisotopic (exact) mass is 444 g/mol. The molecule has 0 saturated carbocycles. The van der Waals surface area contributed by atoms with Gasteiger partial charge in [-0.2, -0.15) is 0 Å². The number of hydrogen-bond donors (Lipinski definition) is 3. The van der Waals surface area contributed by atoms with Gasteiger partial charge in [0.2, 0.25) is 0 Å². The Morgan fingerprint density at radius 2 is 2.03 bits per heavy atom. The second-order valence-electron chi connectivity index (χ2n) is 9.81. The highest BCUT2D eigenvalue weighted by Crippen LogP contribution is 2.44. The Bertz CT molecular complexity index is 1280. The van der Waals surface area contributed by atoms with Crippen LogP contribution in [0.3, 0.4) is 0 Å². The fraction of sp³-hybridized carbons (Fsp3) is 0.385. The summed E-state index contributed by atoms with van der Waals surface area (Å²) in [4.78, 5) is 20.3. The zero-order valence-electron chi connectivity index (χ0n) is 18.8. The molecule has 7 nitrogen and oxygen atoms in total. The van der Waals surface area contributed by atoms with E-state index in [1.54, 1.807) is 6.07 Å². The minimum absolute atomic E-state index is 0.0534. The van der Waals surface area contributed by atoms with Crippen LogP contribution in [0.2, 0.25) is 0 Å². The summed E-state index contributed by atoms with van der Waals surface area (Å²) in [5.74, 6) is 1.30. The molecule has 3 N–H and O–H groups in total. The van der Waals surface area contributed by atoms with E-state index in [0.29, 0.717) is 13.1 Å². The molecule has 170 valence electrons. The Kier molecular flexibility index (Phi) is 4.52. The Morgan fingerprint density at radius 1 is 1.18 bits per heavy atom. The molecule has 1 aromatic heterocycles. The minimum Gasteiger partial charge on any atom is -0.508 e. The summed E-state index contributed by atoms with van der Waals surface area (Å²) in [6.45, 7) is 6.84. The lowest BCUT2D eigenvalue weighted by atomic mass is 9.79. The molecule has 2 aromatic carbocycles. The summed E-state index contributed by atoms with van der Waals surface area (Å²) in [7, 11) is 0. The van der Waals surface area contributed by atoms with E-state index in [-0.39, 0.29) is 11.2 Å². The maximum absolute atomic E-state index is 11.3. The van der Waals surface area contributed by atoms with Crippen LogP contribution < -0.4 is 10.2 Å². The molecule has 1 amide bonds. The number of nitrogens with zero attached hydrogens (tertiary/aromatic N) is 3. The van der Waals surface area contributed by atoms with Crippen LogP contribution >= 0.6 is 0 Å². The molecule has 7 heteroatoms. The molecule has 2 fully saturated rings. The van der Waals surface area contributed by atoms with Crippen LogP contribution in [-0.4, -0.2) is 58.9 Å². The Labute approximate surface area is 192 Å². The smallest absolute Gasteiger partial charge is 0.407 e. The van der Waals surface area contributed by atoms with Gasteiger partial charge in [-0.05, 0) is 71.5 Å². The number of nitrogens with one attached hydrogen (secondary N) is 1. The topological polar surface area (TPSA) is 88.9 Å². The molecular formula is C26H28N4O3. The predicted molar refractivity (Wildman–Crippen MR) is 128 cm³/mol. The van der Waals surface area contributed by atoms with Crippen molar-refractivity contribution in [3.05, 3.63) is 53.2 Å². The molecular weight excluding hydrogens is 416 g/mol. The van der Waals surface area contributed by atoms with Crippen LogP contribution in [0.4, 0.5) is 10.6 Å². The number of phenolic OH excluding ortho intramolecular Hbond substituents is 1. The number of fused-ring (bicyclic) bond motifs is 2. The molecule has 0 atom stereocenters. The standard InChI is InChI=1S/C26H28N4O3/c1-16-23(20-4-2-3-17-11-18(31)5-6-19(17)20)21-7-9-27-12-22(21)28-24(16)29-10-8-26(13-29)14-30(15-26)25(32)33/h2-6,11,27,31H,7-10,12-15H2,1H3,(H,32,33). The molecule has 3 aliphatic rings. The molecule has 0 unspecified atom stereocenters. The maximum atomic E-state index is 11.3. The molecule has 4 heterocycles. The molecule has 3 aliphatic heterocycles. The number of carboxylic acid groups (broad SMARTS) is 1. The summed E-state index contributed by atoms with van der Waals surface area (Å²) in [6.07, 6.45) is 1.11. The van der Waals surface area contributed by atoms with Gasteiger partial charge >= 0.3 is 6.09 Å². The molecule has 0 radical (unpaired) electrons. The molecule has 0 aliphatic carbocycles.